The van der Waals surface area contributed by atoms with Crippen molar-refractivity contribution in [2.24, 2.45) is 10.2 Å². The van der Waals surface area contributed by atoms with Gasteiger partial charge in [-0.3, -0.25) is 10.1 Å². The van der Waals surface area contributed by atoms with Crippen LogP contribution < -0.4 is 4.74 Å². The SMILES string of the molecule is CCOC(=O)/C(N=Nc1ccc([N+](=O)[O-])cc1OC)=C(/C)O. The number of carbonyl (C=O) groups is 1. The van der Waals surface area contributed by atoms with E-state index < -0.39 is 10.9 Å². The van der Waals surface area contributed by atoms with Crippen LogP contribution in [0.1, 0.15) is 13.8 Å². The molecule has 0 radical (unpaired) electrons. The first-order valence-corrected chi connectivity index (χ1v) is 6.21. The minimum absolute atomic E-state index is 0.108. The first-order valence-electron chi connectivity index (χ1n) is 6.21. The van der Waals surface area contributed by atoms with Gasteiger partial charge in [-0.2, -0.15) is 0 Å². The summed E-state index contributed by atoms with van der Waals surface area (Å²) in [5.74, 6) is -1.08. The predicted molar refractivity (Wildman–Crippen MR) is 76.1 cm³/mol. The molecule has 0 aliphatic heterocycles. The number of hydrogen-bond donors (Lipinski definition) is 1. The highest BCUT2D eigenvalue weighted by molar-refractivity contribution is 5.88. The van der Waals surface area contributed by atoms with E-state index >= 15 is 0 Å². The van der Waals surface area contributed by atoms with Crippen LogP contribution in [0.15, 0.2) is 39.9 Å². The van der Waals surface area contributed by atoms with Crippen LogP contribution >= 0.6 is 0 Å². The van der Waals surface area contributed by atoms with Crippen molar-refractivity contribution in [2.45, 2.75) is 13.8 Å². The number of aliphatic hydroxyl groups excluding tert-OH is 1. The molecule has 1 rings (SSSR count). The average molecular weight is 309 g/mol. The fraction of sp³-hybridized carbons (Fsp3) is 0.308. The van der Waals surface area contributed by atoms with E-state index in [9.17, 15) is 20.0 Å². The fourth-order valence-electron chi connectivity index (χ4n) is 1.43. The summed E-state index contributed by atoms with van der Waals surface area (Å²) >= 11 is 0. The minimum atomic E-state index is -0.827. The van der Waals surface area contributed by atoms with E-state index in [4.69, 9.17) is 9.47 Å². The Hall–Kier alpha value is -2.97. The van der Waals surface area contributed by atoms with Crippen molar-refractivity contribution < 1.29 is 24.3 Å². The largest absolute Gasteiger partial charge is 0.510 e. The Kier molecular flexibility index (Phi) is 5.99. The molecule has 22 heavy (non-hydrogen) atoms. The lowest BCUT2D eigenvalue weighted by molar-refractivity contribution is -0.384. The Balaban J connectivity index is 3.14. The van der Waals surface area contributed by atoms with Crippen LogP contribution in [0.3, 0.4) is 0 Å². The van der Waals surface area contributed by atoms with Gasteiger partial charge in [0.1, 0.15) is 11.4 Å². The first kappa shape index (κ1) is 17.1. The van der Waals surface area contributed by atoms with Gasteiger partial charge in [-0.05, 0) is 19.9 Å². The molecule has 9 nitrogen and oxygen atoms in total. The van der Waals surface area contributed by atoms with Gasteiger partial charge in [0, 0.05) is 6.07 Å². The number of nitrogens with zero attached hydrogens (tertiary/aromatic N) is 3. The minimum Gasteiger partial charge on any atom is -0.510 e. The second-order valence-corrected chi connectivity index (χ2v) is 3.97. The highest BCUT2D eigenvalue weighted by atomic mass is 16.6. The van der Waals surface area contributed by atoms with Crippen LogP contribution in [-0.4, -0.2) is 29.7 Å². The van der Waals surface area contributed by atoms with Gasteiger partial charge in [0.05, 0.1) is 24.7 Å². The summed E-state index contributed by atoms with van der Waals surface area (Å²) in [6.07, 6.45) is 0. The molecular weight excluding hydrogens is 294 g/mol. The maximum Gasteiger partial charge on any atom is 0.362 e. The summed E-state index contributed by atoms with van der Waals surface area (Å²) in [5, 5.41) is 27.5. The van der Waals surface area contributed by atoms with E-state index in [0.717, 1.165) is 0 Å². The van der Waals surface area contributed by atoms with Gasteiger partial charge in [0.2, 0.25) is 5.70 Å². The number of esters is 1. The molecular formula is C13H15N3O6. The van der Waals surface area contributed by atoms with Gasteiger partial charge < -0.3 is 14.6 Å². The summed E-state index contributed by atoms with van der Waals surface area (Å²) in [7, 11) is 1.32. The van der Waals surface area contributed by atoms with E-state index in [1.165, 1.54) is 32.2 Å². The lowest BCUT2D eigenvalue weighted by Crippen LogP contribution is -2.07. The van der Waals surface area contributed by atoms with E-state index in [-0.39, 0.29) is 35.2 Å². The number of benzene rings is 1. The molecule has 0 amide bonds. The molecule has 0 fully saturated rings. The summed E-state index contributed by atoms with van der Waals surface area (Å²) in [6, 6.07) is 3.71. The van der Waals surface area contributed by atoms with Crippen molar-refractivity contribution in [3.8, 4) is 5.75 Å². The second-order valence-electron chi connectivity index (χ2n) is 3.97. The molecule has 0 spiro atoms. The van der Waals surface area contributed by atoms with Crippen LogP contribution in [0.25, 0.3) is 0 Å². The average Bonchev–Trinajstić information content (AvgIpc) is 2.47. The van der Waals surface area contributed by atoms with Crippen LogP contribution in [0.5, 0.6) is 5.75 Å². The van der Waals surface area contributed by atoms with Crippen LogP contribution in [0.4, 0.5) is 11.4 Å². The molecule has 1 aromatic rings. The van der Waals surface area contributed by atoms with Crippen LogP contribution in [0, 0.1) is 10.1 Å². The van der Waals surface area contributed by atoms with Gasteiger partial charge >= 0.3 is 5.97 Å². The van der Waals surface area contributed by atoms with Gasteiger partial charge in [-0.15, -0.1) is 10.2 Å². The molecule has 0 saturated heterocycles. The van der Waals surface area contributed by atoms with Gasteiger partial charge in [0.15, 0.2) is 5.75 Å². The maximum absolute atomic E-state index is 11.6. The van der Waals surface area contributed by atoms with Crippen LogP contribution in [0.2, 0.25) is 0 Å². The topological polar surface area (TPSA) is 124 Å². The Morgan fingerprint density at radius 1 is 1.45 bits per heavy atom. The highest BCUT2D eigenvalue weighted by Crippen LogP contribution is 2.32. The van der Waals surface area contributed by atoms with Crippen molar-refractivity contribution >= 4 is 17.3 Å². The summed E-state index contributed by atoms with van der Waals surface area (Å²) < 4.78 is 9.71. The van der Waals surface area contributed by atoms with Gasteiger partial charge in [-0.25, -0.2) is 4.79 Å². The molecule has 0 saturated carbocycles. The van der Waals surface area contributed by atoms with Crippen molar-refractivity contribution in [3.63, 3.8) is 0 Å². The number of aliphatic hydroxyl groups is 1. The molecule has 9 heteroatoms. The smallest absolute Gasteiger partial charge is 0.362 e. The van der Waals surface area contributed by atoms with Crippen molar-refractivity contribution in [1.82, 2.24) is 0 Å². The number of carbonyl (C=O) groups excluding carboxylic acids is 1. The highest BCUT2D eigenvalue weighted by Gasteiger charge is 2.15. The zero-order chi connectivity index (χ0) is 16.7. The zero-order valence-corrected chi connectivity index (χ0v) is 12.3. The van der Waals surface area contributed by atoms with E-state index in [1.54, 1.807) is 6.92 Å². The molecule has 1 N–H and O–H groups in total. The number of methoxy groups -OCH3 is 1. The molecule has 0 atom stereocenters. The number of hydrogen-bond acceptors (Lipinski definition) is 8. The number of rotatable bonds is 6. The summed E-state index contributed by atoms with van der Waals surface area (Å²) in [4.78, 5) is 21.7. The molecule has 0 aliphatic carbocycles. The van der Waals surface area contributed by atoms with Crippen molar-refractivity contribution in [3.05, 3.63) is 39.8 Å². The number of allylic oxidation sites excluding steroid dienone is 1. The summed E-state index contributed by atoms with van der Waals surface area (Å²) in [5.41, 5.74) is -0.367. The lowest BCUT2D eigenvalue weighted by Gasteiger charge is -2.04. The number of nitro groups is 1. The monoisotopic (exact) mass is 309 g/mol. The Labute approximate surface area is 126 Å². The third-order valence-corrected chi connectivity index (χ3v) is 2.44. The van der Waals surface area contributed by atoms with E-state index in [1.807, 2.05) is 0 Å². The molecule has 0 unspecified atom stereocenters. The lowest BCUT2D eigenvalue weighted by atomic mass is 10.2. The number of azo groups is 1. The van der Waals surface area contributed by atoms with Gasteiger partial charge in [0.25, 0.3) is 5.69 Å². The first-order chi connectivity index (χ1) is 10.4. The van der Waals surface area contributed by atoms with Crippen molar-refractivity contribution in [1.29, 1.82) is 0 Å². The quantitative estimate of drug-likeness (QED) is 0.215. The Morgan fingerprint density at radius 3 is 2.64 bits per heavy atom. The number of non-ortho nitro benzene ring substituents is 1. The Morgan fingerprint density at radius 2 is 2.14 bits per heavy atom. The molecule has 0 aliphatic rings. The second kappa shape index (κ2) is 7.72. The zero-order valence-electron chi connectivity index (χ0n) is 12.3. The number of nitro benzene ring substituents is 1. The molecule has 0 aromatic heterocycles. The van der Waals surface area contributed by atoms with Gasteiger partial charge in [-0.1, -0.05) is 0 Å². The molecule has 118 valence electrons. The molecule has 1 aromatic carbocycles. The number of ether oxygens (including phenoxy) is 2. The standard InChI is InChI=1S/C13H15N3O6/c1-4-22-13(18)12(8(2)17)15-14-10-6-5-9(16(19)20)7-11(10)21-3/h5-7,17H,4H2,1-3H3/b12-8+,15-14?. The third kappa shape index (κ3) is 4.27. The molecule has 0 heterocycles. The molecule has 0 bridgehead atoms. The van der Waals surface area contributed by atoms with E-state index in [0.29, 0.717) is 0 Å². The third-order valence-electron chi connectivity index (χ3n) is 2.44. The Bertz CT molecular complexity index is 635. The summed E-state index contributed by atoms with van der Waals surface area (Å²) in [6.45, 7) is 2.99. The predicted octanol–water partition coefficient (Wildman–Crippen LogP) is 3.04. The normalized spacial score (nSPS) is 12.0. The maximum atomic E-state index is 11.6. The fourth-order valence-corrected chi connectivity index (χ4v) is 1.43. The van der Waals surface area contributed by atoms with Crippen LogP contribution in [-0.2, 0) is 9.53 Å². The van der Waals surface area contributed by atoms with E-state index in [2.05, 4.69) is 10.2 Å². The van der Waals surface area contributed by atoms with Crippen molar-refractivity contribution in [2.75, 3.05) is 13.7 Å².